The molecule has 0 aromatic rings. The number of ether oxygens (including phenoxy) is 1. The van der Waals surface area contributed by atoms with E-state index in [1.54, 1.807) is 0 Å². The second-order valence-corrected chi connectivity index (χ2v) is 5.93. The maximum atomic E-state index is 11.8. The Balaban J connectivity index is 2.27. The van der Waals surface area contributed by atoms with Gasteiger partial charge in [-0.3, -0.25) is 4.79 Å². The zero-order chi connectivity index (χ0) is 15.1. The molecule has 1 aliphatic heterocycles. The fourth-order valence-corrected chi connectivity index (χ4v) is 2.28. The van der Waals surface area contributed by atoms with Crippen LogP contribution in [0.25, 0.3) is 0 Å². The first-order valence-corrected chi connectivity index (χ1v) is 7.27. The highest BCUT2D eigenvalue weighted by atomic mass is 16.5. The maximum absolute atomic E-state index is 11.8. The number of carboxylic acid groups (broad SMARTS) is 1. The minimum atomic E-state index is -0.933. The van der Waals surface area contributed by atoms with Crippen LogP contribution in [-0.4, -0.2) is 42.4 Å². The van der Waals surface area contributed by atoms with E-state index in [4.69, 9.17) is 9.84 Å². The number of hydrogen-bond donors (Lipinski definition) is 3. The molecular formula is C14H26N2O4. The van der Waals surface area contributed by atoms with Gasteiger partial charge in [0, 0.05) is 6.04 Å². The summed E-state index contributed by atoms with van der Waals surface area (Å²) >= 11 is 0. The molecule has 0 radical (unpaired) electrons. The van der Waals surface area contributed by atoms with Gasteiger partial charge in [-0.05, 0) is 19.3 Å². The summed E-state index contributed by atoms with van der Waals surface area (Å²) in [7, 11) is 0. The van der Waals surface area contributed by atoms with E-state index in [1.165, 1.54) is 0 Å². The van der Waals surface area contributed by atoms with E-state index >= 15 is 0 Å². The third-order valence-corrected chi connectivity index (χ3v) is 3.51. The van der Waals surface area contributed by atoms with Gasteiger partial charge >= 0.3 is 12.0 Å². The molecule has 1 aliphatic rings. The van der Waals surface area contributed by atoms with Gasteiger partial charge in [-0.1, -0.05) is 26.7 Å². The standard InChI is InChI=1S/C14H26N2O4/c1-9(2)5-4-6-10(3)15-14(19)16-12-8-20-7-11(12)13(17)18/h9-12H,4-8H2,1-3H3,(H,17,18)(H2,15,16,19). The predicted molar refractivity (Wildman–Crippen MR) is 75.6 cm³/mol. The quantitative estimate of drug-likeness (QED) is 0.663. The minimum Gasteiger partial charge on any atom is -0.481 e. The van der Waals surface area contributed by atoms with Gasteiger partial charge in [0.25, 0.3) is 0 Å². The van der Waals surface area contributed by atoms with Crippen LogP contribution in [0.2, 0.25) is 0 Å². The van der Waals surface area contributed by atoms with E-state index in [9.17, 15) is 9.59 Å². The van der Waals surface area contributed by atoms with Crippen LogP contribution in [0, 0.1) is 11.8 Å². The Hall–Kier alpha value is -1.30. The van der Waals surface area contributed by atoms with Crippen molar-refractivity contribution in [2.75, 3.05) is 13.2 Å². The Labute approximate surface area is 120 Å². The van der Waals surface area contributed by atoms with Crippen LogP contribution in [-0.2, 0) is 9.53 Å². The van der Waals surface area contributed by atoms with E-state index in [0.717, 1.165) is 19.3 Å². The normalized spacial score (nSPS) is 23.6. The number of aliphatic carboxylic acids is 1. The van der Waals surface area contributed by atoms with Crippen molar-refractivity contribution in [3.8, 4) is 0 Å². The maximum Gasteiger partial charge on any atom is 0.315 e. The highest BCUT2D eigenvalue weighted by molar-refractivity contribution is 5.77. The molecule has 1 heterocycles. The summed E-state index contributed by atoms with van der Waals surface area (Å²) in [5.74, 6) is -0.919. The third-order valence-electron chi connectivity index (χ3n) is 3.51. The average Bonchev–Trinajstić information content (AvgIpc) is 2.76. The number of urea groups is 1. The number of hydrogen-bond acceptors (Lipinski definition) is 3. The fourth-order valence-electron chi connectivity index (χ4n) is 2.28. The molecule has 6 heteroatoms. The first kappa shape index (κ1) is 16.8. The van der Waals surface area contributed by atoms with Gasteiger partial charge in [0.15, 0.2) is 0 Å². The lowest BCUT2D eigenvalue weighted by Gasteiger charge is -2.19. The van der Waals surface area contributed by atoms with Gasteiger partial charge in [-0.25, -0.2) is 4.79 Å². The minimum absolute atomic E-state index is 0.0827. The van der Waals surface area contributed by atoms with Crippen molar-refractivity contribution in [2.24, 2.45) is 11.8 Å². The van der Waals surface area contributed by atoms with Crippen molar-refractivity contribution < 1.29 is 19.4 Å². The van der Waals surface area contributed by atoms with Crippen LogP contribution in [0.5, 0.6) is 0 Å². The molecule has 116 valence electrons. The highest BCUT2D eigenvalue weighted by Gasteiger charge is 2.35. The first-order valence-electron chi connectivity index (χ1n) is 7.27. The van der Waals surface area contributed by atoms with Gasteiger partial charge in [0.2, 0.25) is 0 Å². The van der Waals surface area contributed by atoms with Crippen LogP contribution in [0.3, 0.4) is 0 Å². The van der Waals surface area contributed by atoms with Crippen LogP contribution < -0.4 is 10.6 Å². The van der Waals surface area contributed by atoms with Gasteiger partial charge < -0.3 is 20.5 Å². The summed E-state index contributed by atoms with van der Waals surface area (Å²) in [5.41, 5.74) is 0. The van der Waals surface area contributed by atoms with E-state index in [2.05, 4.69) is 24.5 Å². The van der Waals surface area contributed by atoms with Crippen LogP contribution in [0.4, 0.5) is 4.79 Å². The molecule has 0 aromatic heterocycles. The molecule has 6 nitrogen and oxygen atoms in total. The van der Waals surface area contributed by atoms with Crippen molar-refractivity contribution >= 4 is 12.0 Å². The molecule has 0 bridgehead atoms. The summed E-state index contributed by atoms with van der Waals surface area (Å²) in [5, 5.41) is 14.5. The Morgan fingerprint density at radius 2 is 1.95 bits per heavy atom. The van der Waals surface area contributed by atoms with E-state index in [-0.39, 0.29) is 25.3 Å². The van der Waals surface area contributed by atoms with Crippen molar-refractivity contribution in [1.82, 2.24) is 10.6 Å². The molecule has 1 fully saturated rings. The van der Waals surface area contributed by atoms with Crippen LogP contribution in [0.1, 0.15) is 40.0 Å². The Morgan fingerprint density at radius 1 is 1.25 bits per heavy atom. The number of rotatable bonds is 7. The molecule has 1 rings (SSSR count). The SMILES string of the molecule is CC(C)CCCC(C)NC(=O)NC1COCC1C(=O)O. The molecule has 3 atom stereocenters. The summed E-state index contributed by atoms with van der Waals surface area (Å²) in [6, 6.07) is -0.682. The molecule has 3 N–H and O–H groups in total. The smallest absolute Gasteiger partial charge is 0.315 e. The summed E-state index contributed by atoms with van der Waals surface area (Å²) in [6.07, 6.45) is 3.14. The molecule has 0 spiro atoms. The third kappa shape index (κ3) is 5.77. The van der Waals surface area contributed by atoms with E-state index in [1.807, 2.05) is 6.92 Å². The molecule has 1 saturated heterocycles. The monoisotopic (exact) mass is 286 g/mol. The molecule has 0 aromatic carbocycles. The Bertz CT molecular complexity index is 333. The largest absolute Gasteiger partial charge is 0.481 e. The van der Waals surface area contributed by atoms with Gasteiger partial charge in [0.05, 0.1) is 19.3 Å². The highest BCUT2D eigenvalue weighted by Crippen LogP contribution is 2.14. The Morgan fingerprint density at radius 3 is 2.55 bits per heavy atom. The molecular weight excluding hydrogens is 260 g/mol. The lowest BCUT2D eigenvalue weighted by Crippen LogP contribution is -2.49. The predicted octanol–water partition coefficient (Wildman–Crippen LogP) is 1.60. The summed E-state index contributed by atoms with van der Waals surface area (Å²) < 4.78 is 5.10. The molecule has 3 unspecified atom stereocenters. The van der Waals surface area contributed by atoms with Gasteiger partial charge in [-0.2, -0.15) is 0 Å². The zero-order valence-electron chi connectivity index (χ0n) is 12.5. The van der Waals surface area contributed by atoms with Gasteiger partial charge in [0.1, 0.15) is 5.92 Å². The topological polar surface area (TPSA) is 87.7 Å². The second kappa shape index (κ2) is 8.09. The average molecular weight is 286 g/mol. The van der Waals surface area contributed by atoms with E-state index in [0.29, 0.717) is 5.92 Å². The molecule has 20 heavy (non-hydrogen) atoms. The molecule has 0 aliphatic carbocycles. The summed E-state index contributed by atoms with van der Waals surface area (Å²) in [6.45, 7) is 6.73. The van der Waals surface area contributed by atoms with Gasteiger partial charge in [-0.15, -0.1) is 0 Å². The number of amides is 2. The van der Waals surface area contributed by atoms with Crippen molar-refractivity contribution in [3.63, 3.8) is 0 Å². The number of carbonyl (C=O) groups excluding carboxylic acids is 1. The molecule has 2 amide bonds. The van der Waals surface area contributed by atoms with Crippen molar-refractivity contribution in [2.45, 2.75) is 52.1 Å². The summed E-state index contributed by atoms with van der Waals surface area (Å²) in [4.78, 5) is 22.8. The number of carbonyl (C=O) groups is 2. The number of carboxylic acids is 1. The lowest BCUT2D eigenvalue weighted by atomic mass is 10.0. The van der Waals surface area contributed by atoms with Crippen LogP contribution in [0.15, 0.2) is 0 Å². The Kier molecular flexibility index (Phi) is 6.78. The first-order chi connectivity index (χ1) is 9.40. The number of nitrogens with one attached hydrogen (secondary N) is 2. The second-order valence-electron chi connectivity index (χ2n) is 5.93. The molecule has 0 saturated carbocycles. The van der Waals surface area contributed by atoms with Crippen molar-refractivity contribution in [3.05, 3.63) is 0 Å². The fraction of sp³-hybridized carbons (Fsp3) is 0.857. The lowest BCUT2D eigenvalue weighted by molar-refractivity contribution is -0.142. The van der Waals surface area contributed by atoms with Crippen LogP contribution >= 0.6 is 0 Å². The zero-order valence-corrected chi connectivity index (χ0v) is 12.5. The van der Waals surface area contributed by atoms with E-state index < -0.39 is 17.9 Å². The van der Waals surface area contributed by atoms with Crippen molar-refractivity contribution in [1.29, 1.82) is 0 Å².